The minimum atomic E-state index is 0.000747. The molecule has 5 aromatic carbocycles. The molecule has 8 rings (SSSR count). The number of nitrogens with zero attached hydrogens (tertiary/aromatic N) is 1. The third-order valence-corrected chi connectivity index (χ3v) is 7.51. The van der Waals surface area contributed by atoms with Crippen molar-refractivity contribution < 1.29 is 8.83 Å². The van der Waals surface area contributed by atoms with Crippen molar-refractivity contribution in [2.24, 2.45) is 0 Å². The smallest absolute Gasteiger partial charge is 0.200 e. The molecule has 0 radical (unpaired) electrons. The zero-order valence-corrected chi connectivity index (χ0v) is 20.3. The molecule has 37 heavy (non-hydrogen) atoms. The topological polar surface area (TPSA) is 48.3 Å². The van der Waals surface area contributed by atoms with Crippen molar-refractivity contribution in [2.45, 2.75) is 13.8 Å². The summed E-state index contributed by atoms with van der Waals surface area (Å²) in [5.74, 6) is 0. The molecule has 3 aromatic heterocycles. The zero-order valence-electron chi connectivity index (χ0n) is 20.3. The summed E-state index contributed by atoms with van der Waals surface area (Å²) in [4.78, 5) is 13.4. The summed E-state index contributed by atoms with van der Waals surface area (Å²) in [6, 6.07) is 30.7. The number of aryl methyl sites for hydroxylation is 2. The van der Waals surface area contributed by atoms with E-state index in [-0.39, 0.29) is 5.43 Å². The van der Waals surface area contributed by atoms with E-state index in [2.05, 4.69) is 47.0 Å². The number of fused-ring (bicyclic) bond motifs is 8. The van der Waals surface area contributed by atoms with Crippen molar-refractivity contribution in [1.29, 1.82) is 0 Å². The van der Waals surface area contributed by atoms with E-state index in [9.17, 15) is 4.79 Å². The van der Waals surface area contributed by atoms with Gasteiger partial charge in [0.2, 0.25) is 5.43 Å². The van der Waals surface area contributed by atoms with E-state index in [1.165, 1.54) is 0 Å². The van der Waals surface area contributed by atoms with Crippen molar-refractivity contribution in [1.82, 2.24) is 4.57 Å². The molecule has 8 aromatic rings. The van der Waals surface area contributed by atoms with E-state index in [0.29, 0.717) is 21.9 Å². The summed E-state index contributed by atoms with van der Waals surface area (Å²) in [6.07, 6.45) is 0. The second-order valence-electron chi connectivity index (χ2n) is 9.89. The first-order valence-electron chi connectivity index (χ1n) is 12.4. The van der Waals surface area contributed by atoms with Crippen LogP contribution in [0, 0.1) is 13.8 Å². The molecule has 0 atom stereocenters. The fourth-order valence-corrected chi connectivity index (χ4v) is 5.90. The van der Waals surface area contributed by atoms with Crippen LogP contribution in [-0.2, 0) is 0 Å². The van der Waals surface area contributed by atoms with Gasteiger partial charge < -0.3 is 13.4 Å². The highest BCUT2D eigenvalue weighted by Crippen LogP contribution is 2.38. The van der Waals surface area contributed by atoms with Crippen LogP contribution in [0.1, 0.15) is 11.1 Å². The number of hydrogen-bond donors (Lipinski definition) is 0. The monoisotopic (exact) mass is 479 g/mol. The van der Waals surface area contributed by atoms with Gasteiger partial charge in [0.25, 0.3) is 0 Å². The average Bonchev–Trinajstić information content (AvgIpc) is 3.43. The number of aromatic nitrogens is 1. The third kappa shape index (κ3) is 2.75. The quantitative estimate of drug-likeness (QED) is 0.222. The lowest BCUT2D eigenvalue weighted by Crippen LogP contribution is -2.04. The summed E-state index contributed by atoms with van der Waals surface area (Å²) in [5, 5.41) is 5.75. The Hall–Kier alpha value is -4.83. The molecule has 0 bridgehead atoms. The van der Waals surface area contributed by atoms with Crippen LogP contribution < -0.4 is 5.43 Å². The van der Waals surface area contributed by atoms with Gasteiger partial charge in [-0.25, -0.2) is 0 Å². The Labute approximate surface area is 210 Å². The molecule has 176 valence electrons. The molecule has 0 aliphatic heterocycles. The lowest BCUT2D eigenvalue weighted by atomic mass is 10.1. The Morgan fingerprint density at radius 1 is 0.568 bits per heavy atom. The Morgan fingerprint density at radius 3 is 2.24 bits per heavy atom. The first-order chi connectivity index (χ1) is 18.1. The fraction of sp³-hybridized carbons (Fsp3) is 0.0606. The van der Waals surface area contributed by atoms with Crippen LogP contribution in [0.15, 0.2) is 105 Å². The van der Waals surface area contributed by atoms with E-state index in [0.717, 1.165) is 60.6 Å². The largest absolute Gasteiger partial charge is 0.456 e. The molecule has 0 saturated carbocycles. The van der Waals surface area contributed by atoms with Crippen molar-refractivity contribution in [3.05, 3.63) is 112 Å². The SMILES string of the molecule is Cc1cc(C)c2oc3cc(-n4c5ccccc5c5cc6c(cc54)oc4ccccc46)ccc3c(=O)c2c1. The summed E-state index contributed by atoms with van der Waals surface area (Å²) >= 11 is 0. The molecule has 0 aliphatic rings. The van der Waals surface area contributed by atoms with Crippen LogP contribution in [0.25, 0.3) is 71.4 Å². The predicted molar refractivity (Wildman–Crippen MR) is 151 cm³/mol. The molecular weight excluding hydrogens is 458 g/mol. The molecule has 0 fully saturated rings. The van der Waals surface area contributed by atoms with Gasteiger partial charge in [-0.15, -0.1) is 0 Å². The highest BCUT2D eigenvalue weighted by atomic mass is 16.3. The highest BCUT2D eigenvalue weighted by molar-refractivity contribution is 6.17. The van der Waals surface area contributed by atoms with Crippen LogP contribution >= 0.6 is 0 Å². The normalized spacial score (nSPS) is 12.2. The Bertz CT molecular complexity index is 2300. The summed E-state index contributed by atoms with van der Waals surface area (Å²) in [5.41, 5.74) is 8.03. The number of rotatable bonds is 1. The van der Waals surface area contributed by atoms with Gasteiger partial charge in [0.05, 0.1) is 21.8 Å². The standard InChI is InChI=1S/C33H21NO3/c1-18-13-19(2)33-26(14-18)32(35)23-12-11-20(15-30(23)37-33)34-27-9-5-3-7-21(27)24-16-25-22-8-4-6-10-29(22)36-31(25)17-28(24)34/h3-17H,1-2H3. The number of hydrogen-bond acceptors (Lipinski definition) is 3. The van der Waals surface area contributed by atoms with Crippen LogP contribution in [0.4, 0.5) is 0 Å². The predicted octanol–water partition coefficient (Wildman–Crippen LogP) is 8.56. The molecule has 0 unspecified atom stereocenters. The molecule has 0 saturated heterocycles. The molecule has 4 nitrogen and oxygen atoms in total. The van der Waals surface area contributed by atoms with Crippen molar-refractivity contribution >= 4 is 65.7 Å². The molecule has 0 amide bonds. The summed E-state index contributed by atoms with van der Waals surface area (Å²) < 4.78 is 14.8. The van der Waals surface area contributed by atoms with E-state index >= 15 is 0 Å². The molecule has 4 heteroatoms. The molecule has 0 aliphatic carbocycles. The van der Waals surface area contributed by atoms with Gasteiger partial charge in [0.15, 0.2) is 0 Å². The second-order valence-corrected chi connectivity index (χ2v) is 9.89. The summed E-state index contributed by atoms with van der Waals surface area (Å²) in [6.45, 7) is 3.99. The maximum absolute atomic E-state index is 13.4. The maximum atomic E-state index is 13.4. The zero-order chi connectivity index (χ0) is 24.8. The van der Waals surface area contributed by atoms with Crippen LogP contribution in [0.3, 0.4) is 0 Å². The third-order valence-electron chi connectivity index (χ3n) is 7.51. The summed E-state index contributed by atoms with van der Waals surface area (Å²) in [7, 11) is 0. The maximum Gasteiger partial charge on any atom is 0.200 e. The number of furan rings is 1. The first kappa shape index (κ1) is 20.4. The lowest BCUT2D eigenvalue weighted by molar-refractivity contribution is 0.656. The van der Waals surface area contributed by atoms with Gasteiger partial charge in [-0.1, -0.05) is 42.5 Å². The average molecular weight is 480 g/mol. The minimum Gasteiger partial charge on any atom is -0.456 e. The van der Waals surface area contributed by atoms with E-state index in [1.54, 1.807) is 0 Å². The van der Waals surface area contributed by atoms with Gasteiger partial charge in [-0.05, 0) is 61.4 Å². The van der Waals surface area contributed by atoms with E-state index in [1.807, 2.05) is 62.4 Å². The Kier molecular flexibility index (Phi) is 3.91. The van der Waals surface area contributed by atoms with Gasteiger partial charge in [-0.2, -0.15) is 0 Å². The molecule has 0 N–H and O–H groups in total. The first-order valence-corrected chi connectivity index (χ1v) is 12.4. The van der Waals surface area contributed by atoms with Crippen LogP contribution in [0.5, 0.6) is 0 Å². The second kappa shape index (κ2) is 7.11. The van der Waals surface area contributed by atoms with E-state index in [4.69, 9.17) is 8.83 Å². The van der Waals surface area contributed by atoms with E-state index < -0.39 is 0 Å². The minimum absolute atomic E-state index is 0.000747. The van der Waals surface area contributed by atoms with Gasteiger partial charge >= 0.3 is 0 Å². The van der Waals surface area contributed by atoms with Gasteiger partial charge in [0, 0.05) is 39.4 Å². The van der Waals surface area contributed by atoms with Crippen LogP contribution in [-0.4, -0.2) is 4.57 Å². The van der Waals surface area contributed by atoms with Crippen LogP contribution in [0.2, 0.25) is 0 Å². The Balaban J connectivity index is 1.48. The fourth-order valence-electron chi connectivity index (χ4n) is 5.90. The number of benzene rings is 5. The van der Waals surface area contributed by atoms with Crippen molar-refractivity contribution in [2.75, 3.05) is 0 Å². The molecule has 3 heterocycles. The number of para-hydroxylation sites is 2. The Morgan fingerprint density at radius 2 is 1.35 bits per heavy atom. The highest BCUT2D eigenvalue weighted by Gasteiger charge is 2.17. The molecule has 0 spiro atoms. The van der Waals surface area contributed by atoms with Gasteiger partial charge in [-0.3, -0.25) is 4.79 Å². The van der Waals surface area contributed by atoms with Crippen molar-refractivity contribution in [3.8, 4) is 5.69 Å². The van der Waals surface area contributed by atoms with Gasteiger partial charge in [0.1, 0.15) is 22.3 Å². The lowest BCUT2D eigenvalue weighted by Gasteiger charge is -2.10. The van der Waals surface area contributed by atoms with Crippen molar-refractivity contribution in [3.63, 3.8) is 0 Å². The molecular formula is C33H21NO3.